The van der Waals surface area contributed by atoms with E-state index >= 15 is 0 Å². The van der Waals surface area contributed by atoms with Gasteiger partial charge in [-0.05, 0) is 6.92 Å². The Morgan fingerprint density at radius 3 is 2.48 bits per heavy atom. The third-order valence-electron chi connectivity index (χ3n) is 5.66. The molecular weight excluding hydrogens is 392 g/mol. The Morgan fingerprint density at radius 1 is 1.14 bits per heavy atom. The van der Waals surface area contributed by atoms with Crippen LogP contribution >= 0.6 is 0 Å². The Balaban J connectivity index is 1.82. The Hall–Kier alpha value is -1.31. The lowest BCUT2D eigenvalue weighted by molar-refractivity contribution is -0.352. The highest BCUT2D eigenvalue weighted by Crippen LogP contribution is 2.43. The molecule has 3 aliphatic heterocycles. The maximum Gasteiger partial charge on any atom is 0.337 e. The Bertz CT molecular complexity index is 609. The van der Waals surface area contributed by atoms with E-state index in [0.29, 0.717) is 12.0 Å². The van der Waals surface area contributed by atoms with Crippen molar-refractivity contribution in [2.75, 3.05) is 20.8 Å². The molecule has 0 amide bonds. The number of aliphatic hydroxyl groups excluding tert-OH is 4. The molecule has 0 radical (unpaired) electrons. The van der Waals surface area contributed by atoms with E-state index in [0.717, 1.165) is 0 Å². The number of carbonyl (C=O) groups is 1. The quantitative estimate of drug-likeness (QED) is 0.374. The first-order valence-electron chi connectivity index (χ1n) is 9.40. The van der Waals surface area contributed by atoms with Gasteiger partial charge in [-0.15, -0.1) is 0 Å². The van der Waals surface area contributed by atoms with E-state index in [1.807, 2.05) is 0 Å². The number of ether oxygens (including phenoxy) is 6. The lowest BCUT2D eigenvalue weighted by atomic mass is 9.77. The van der Waals surface area contributed by atoms with E-state index in [1.165, 1.54) is 20.5 Å². The van der Waals surface area contributed by atoms with Crippen LogP contribution in [-0.4, -0.2) is 96.6 Å². The molecule has 11 nitrogen and oxygen atoms in total. The zero-order chi connectivity index (χ0) is 21.3. The smallest absolute Gasteiger partial charge is 0.337 e. The van der Waals surface area contributed by atoms with Gasteiger partial charge in [0.2, 0.25) is 6.29 Å². The van der Waals surface area contributed by atoms with Gasteiger partial charge < -0.3 is 48.8 Å². The molecular formula is C18H28O11. The number of rotatable bonds is 5. The van der Waals surface area contributed by atoms with Gasteiger partial charge in [0.25, 0.3) is 0 Å². The predicted molar refractivity (Wildman–Crippen MR) is 92.8 cm³/mol. The summed E-state index contributed by atoms with van der Waals surface area (Å²) in [4.78, 5) is 12.2. The molecule has 0 aromatic carbocycles. The summed E-state index contributed by atoms with van der Waals surface area (Å²) >= 11 is 0. The molecule has 2 saturated heterocycles. The number of carbonyl (C=O) groups excluding carboxylic acids is 1. The van der Waals surface area contributed by atoms with Crippen molar-refractivity contribution in [3.05, 3.63) is 11.8 Å². The van der Waals surface area contributed by atoms with Crippen LogP contribution in [0.15, 0.2) is 11.8 Å². The van der Waals surface area contributed by atoms with Crippen molar-refractivity contribution in [2.45, 2.75) is 62.7 Å². The van der Waals surface area contributed by atoms with Crippen LogP contribution in [0.2, 0.25) is 0 Å². The van der Waals surface area contributed by atoms with Gasteiger partial charge in [-0.2, -0.15) is 0 Å². The SMILES string of the molecule is COC(=O)C1=CO[C@@H](O[C@H]2O[C@H](CO)[C@@H](O)[C@H](O)[C@H]2O)[C@@H]2[C@H](C)O[C@@H](OC)C[C@H]12. The summed E-state index contributed by atoms with van der Waals surface area (Å²) in [6.45, 7) is 1.19. The molecule has 29 heavy (non-hydrogen) atoms. The first-order valence-corrected chi connectivity index (χ1v) is 9.40. The molecule has 3 aliphatic rings. The van der Waals surface area contributed by atoms with E-state index in [-0.39, 0.29) is 5.92 Å². The van der Waals surface area contributed by atoms with Crippen molar-refractivity contribution in [3.8, 4) is 0 Å². The standard InChI is InChI=1S/C18H28O11/c1-7-12-8(4-11(24-2)27-7)9(16(23)25-3)6-26-17(12)29-18-15(22)14(21)13(20)10(5-19)28-18/h6-8,10-15,17-22H,4-5H2,1-3H3/t7-,8+,10+,11+,12+,13+,14-,15+,17-,18+/m0/s1. The van der Waals surface area contributed by atoms with Crippen LogP contribution in [0.4, 0.5) is 0 Å². The summed E-state index contributed by atoms with van der Waals surface area (Å²) in [5.41, 5.74) is 0.309. The number of esters is 1. The number of methoxy groups -OCH3 is 2. The molecule has 11 heteroatoms. The van der Waals surface area contributed by atoms with Crippen molar-refractivity contribution in [2.24, 2.45) is 11.8 Å². The summed E-state index contributed by atoms with van der Waals surface area (Å²) in [5.74, 6) is -1.40. The minimum absolute atomic E-state index is 0.309. The average molecular weight is 420 g/mol. The van der Waals surface area contributed by atoms with Crippen LogP contribution in [0.5, 0.6) is 0 Å². The molecule has 4 N–H and O–H groups in total. The topological polar surface area (TPSA) is 153 Å². The molecule has 0 unspecified atom stereocenters. The summed E-state index contributed by atoms with van der Waals surface area (Å²) in [6, 6.07) is 0. The van der Waals surface area contributed by atoms with Crippen molar-refractivity contribution in [1.29, 1.82) is 0 Å². The van der Waals surface area contributed by atoms with Gasteiger partial charge in [-0.25, -0.2) is 4.79 Å². The lowest BCUT2D eigenvalue weighted by Gasteiger charge is -2.47. The Labute approximate surface area is 167 Å². The molecule has 3 rings (SSSR count). The Morgan fingerprint density at radius 2 is 1.86 bits per heavy atom. The zero-order valence-electron chi connectivity index (χ0n) is 16.4. The van der Waals surface area contributed by atoms with Gasteiger partial charge in [0, 0.05) is 19.4 Å². The van der Waals surface area contributed by atoms with Crippen molar-refractivity contribution >= 4 is 5.97 Å². The predicted octanol–water partition coefficient (Wildman–Crippen LogP) is -1.77. The molecule has 0 saturated carbocycles. The second-order valence-electron chi connectivity index (χ2n) is 7.33. The maximum atomic E-state index is 12.2. The highest BCUT2D eigenvalue weighted by Gasteiger charge is 2.51. The largest absolute Gasteiger partial charge is 0.471 e. The van der Waals surface area contributed by atoms with Crippen molar-refractivity contribution in [1.82, 2.24) is 0 Å². The summed E-state index contributed by atoms with van der Waals surface area (Å²) < 4.78 is 32.7. The average Bonchev–Trinajstić information content (AvgIpc) is 2.73. The van der Waals surface area contributed by atoms with Crippen LogP contribution in [-0.2, 0) is 33.2 Å². The summed E-state index contributed by atoms with van der Waals surface area (Å²) in [6.07, 6.45) is -7.54. The first kappa shape index (κ1) is 22.4. The van der Waals surface area contributed by atoms with Gasteiger partial charge in [0.15, 0.2) is 12.6 Å². The fourth-order valence-corrected chi connectivity index (χ4v) is 4.04. The van der Waals surface area contributed by atoms with Gasteiger partial charge in [0.05, 0.1) is 37.6 Å². The van der Waals surface area contributed by atoms with Crippen molar-refractivity contribution < 1.29 is 53.6 Å². The van der Waals surface area contributed by atoms with E-state index in [1.54, 1.807) is 6.92 Å². The minimum Gasteiger partial charge on any atom is -0.471 e. The summed E-state index contributed by atoms with van der Waals surface area (Å²) in [5, 5.41) is 39.5. The van der Waals surface area contributed by atoms with E-state index < -0.39 is 67.9 Å². The van der Waals surface area contributed by atoms with Gasteiger partial charge in [0.1, 0.15) is 24.4 Å². The lowest BCUT2D eigenvalue weighted by Crippen LogP contribution is -2.61. The van der Waals surface area contributed by atoms with Crippen LogP contribution < -0.4 is 0 Å². The molecule has 10 atom stereocenters. The molecule has 2 fully saturated rings. The second kappa shape index (κ2) is 9.23. The normalized spacial score (nSPS) is 45.0. The number of hydrogen-bond donors (Lipinski definition) is 4. The molecule has 0 bridgehead atoms. The number of fused-ring (bicyclic) bond motifs is 1. The number of hydrogen-bond acceptors (Lipinski definition) is 11. The van der Waals surface area contributed by atoms with Gasteiger partial charge in [-0.3, -0.25) is 0 Å². The first-order chi connectivity index (χ1) is 13.8. The fourth-order valence-electron chi connectivity index (χ4n) is 4.04. The third-order valence-corrected chi connectivity index (χ3v) is 5.66. The van der Waals surface area contributed by atoms with Gasteiger partial charge in [-0.1, -0.05) is 0 Å². The Kier molecular flexibility index (Phi) is 7.12. The second-order valence-corrected chi connectivity index (χ2v) is 7.33. The van der Waals surface area contributed by atoms with Crippen LogP contribution in [0, 0.1) is 11.8 Å². The molecule has 0 aliphatic carbocycles. The van der Waals surface area contributed by atoms with E-state index in [4.69, 9.17) is 28.4 Å². The van der Waals surface area contributed by atoms with Crippen LogP contribution in [0.1, 0.15) is 13.3 Å². The minimum atomic E-state index is -1.58. The molecule has 3 heterocycles. The maximum absolute atomic E-state index is 12.2. The molecule has 0 aromatic heterocycles. The molecule has 0 spiro atoms. The number of aliphatic hydroxyl groups is 4. The third kappa shape index (κ3) is 4.28. The van der Waals surface area contributed by atoms with Crippen LogP contribution in [0.3, 0.4) is 0 Å². The van der Waals surface area contributed by atoms with Gasteiger partial charge >= 0.3 is 5.97 Å². The summed E-state index contributed by atoms with van der Waals surface area (Å²) in [7, 11) is 2.77. The van der Waals surface area contributed by atoms with E-state index in [2.05, 4.69) is 0 Å². The fraction of sp³-hybridized carbons (Fsp3) is 0.833. The van der Waals surface area contributed by atoms with Crippen molar-refractivity contribution in [3.63, 3.8) is 0 Å². The molecule has 0 aromatic rings. The molecule has 166 valence electrons. The van der Waals surface area contributed by atoms with Crippen LogP contribution in [0.25, 0.3) is 0 Å². The highest BCUT2D eigenvalue weighted by atomic mass is 16.8. The monoisotopic (exact) mass is 420 g/mol. The zero-order valence-corrected chi connectivity index (χ0v) is 16.4. The van der Waals surface area contributed by atoms with E-state index in [9.17, 15) is 25.2 Å². The highest BCUT2D eigenvalue weighted by molar-refractivity contribution is 5.88.